The number of hydrogen-bond acceptors (Lipinski definition) is 6. The molecule has 3 unspecified atom stereocenters. The van der Waals surface area contributed by atoms with Crippen LogP contribution in [0.25, 0.3) is 0 Å². The second kappa shape index (κ2) is 22.5. The molecule has 0 bridgehead atoms. The van der Waals surface area contributed by atoms with Crippen molar-refractivity contribution in [1.82, 2.24) is 14.9 Å². The molecule has 3 atom stereocenters. The average molecular weight is 706 g/mol. The molecule has 1 aromatic carbocycles. The van der Waals surface area contributed by atoms with Gasteiger partial charge in [-0.25, -0.2) is 4.39 Å². The average Bonchev–Trinajstić information content (AvgIpc) is 3.15. The van der Waals surface area contributed by atoms with Gasteiger partial charge in [0, 0.05) is 36.5 Å². The van der Waals surface area contributed by atoms with Crippen LogP contribution in [0, 0.1) is 29.6 Å². The van der Waals surface area contributed by atoms with E-state index >= 15 is 0 Å². The van der Waals surface area contributed by atoms with Gasteiger partial charge in [0.25, 0.3) is 5.91 Å². The third-order valence-electron chi connectivity index (χ3n) is 10.7. The molecule has 1 fully saturated rings. The number of nitrogens with zero attached hydrogens (tertiary/aromatic N) is 5. The van der Waals surface area contributed by atoms with Crippen LogP contribution in [0.1, 0.15) is 148 Å². The number of aromatic nitrogens is 2. The van der Waals surface area contributed by atoms with Gasteiger partial charge in [0.05, 0.1) is 30.8 Å². The number of amides is 1. The number of carbonyl (C=O) groups excluding carboxylic acids is 1. The summed E-state index contributed by atoms with van der Waals surface area (Å²) in [4.78, 5) is 26.5. The van der Waals surface area contributed by atoms with E-state index in [4.69, 9.17) is 14.7 Å². The van der Waals surface area contributed by atoms with Gasteiger partial charge in [-0.2, -0.15) is 15.2 Å². The maximum absolute atomic E-state index is 13.9. The van der Waals surface area contributed by atoms with Crippen molar-refractivity contribution in [2.24, 2.45) is 11.3 Å². The number of piperazine rings is 1. The molecule has 0 radical (unpaired) electrons. The van der Waals surface area contributed by atoms with Crippen LogP contribution in [-0.2, 0) is 17.6 Å². The summed E-state index contributed by atoms with van der Waals surface area (Å²) < 4.78 is 20.6. The molecule has 0 saturated carbocycles. The van der Waals surface area contributed by atoms with Gasteiger partial charge >= 0.3 is 6.01 Å². The highest BCUT2D eigenvalue weighted by molar-refractivity contribution is 5.91. The molecule has 0 spiro atoms. The van der Waals surface area contributed by atoms with Gasteiger partial charge in [0.15, 0.2) is 5.83 Å². The maximum atomic E-state index is 13.9. The number of rotatable bonds is 16. The summed E-state index contributed by atoms with van der Waals surface area (Å²) in [5, 5.41) is 9.59. The van der Waals surface area contributed by atoms with Crippen LogP contribution in [0.15, 0.2) is 36.7 Å². The lowest BCUT2D eigenvalue weighted by Gasteiger charge is -2.42. The fourth-order valence-corrected chi connectivity index (χ4v) is 8.01. The lowest BCUT2D eigenvalue weighted by atomic mass is 9.76. The molecule has 2 heterocycles. The highest BCUT2D eigenvalue weighted by Gasteiger charge is 2.37. The van der Waals surface area contributed by atoms with Gasteiger partial charge in [-0.3, -0.25) is 4.79 Å². The highest BCUT2D eigenvalue weighted by atomic mass is 19.1. The Morgan fingerprint density at radius 1 is 1.06 bits per heavy atom. The van der Waals surface area contributed by atoms with Crippen molar-refractivity contribution < 1.29 is 13.9 Å². The summed E-state index contributed by atoms with van der Waals surface area (Å²) in [6.07, 6.45) is 12.1. The second-order valence-corrected chi connectivity index (χ2v) is 14.0. The molecule has 1 amide bonds. The molecule has 1 aliphatic carbocycles. The van der Waals surface area contributed by atoms with Gasteiger partial charge < -0.3 is 14.5 Å². The number of benzene rings is 1. The second-order valence-electron chi connectivity index (χ2n) is 14.0. The molecule has 0 N–H and O–H groups in total. The van der Waals surface area contributed by atoms with Crippen LogP contribution in [0.2, 0.25) is 0 Å². The van der Waals surface area contributed by atoms with E-state index < -0.39 is 17.8 Å². The minimum absolute atomic E-state index is 0.0965. The van der Waals surface area contributed by atoms with Gasteiger partial charge in [-0.15, -0.1) is 0 Å². The van der Waals surface area contributed by atoms with Gasteiger partial charge in [0.2, 0.25) is 0 Å². The van der Waals surface area contributed by atoms with Gasteiger partial charge in [-0.05, 0) is 68.9 Å². The predicted molar refractivity (Wildman–Crippen MR) is 210 cm³/mol. The first-order chi connectivity index (χ1) is 24.7. The summed E-state index contributed by atoms with van der Waals surface area (Å²) in [6.45, 7) is 24.2. The van der Waals surface area contributed by atoms with E-state index in [-0.39, 0.29) is 17.8 Å². The largest absolute Gasteiger partial charge is 0.463 e. The Balaban J connectivity index is 0.00000217. The topological polar surface area (TPSA) is 82.3 Å². The molecule has 7 nitrogen and oxygen atoms in total. The summed E-state index contributed by atoms with van der Waals surface area (Å²) >= 11 is 0. The lowest BCUT2D eigenvalue weighted by Crippen LogP contribution is -2.55. The number of fused-ring (bicyclic) bond motifs is 1. The predicted octanol–water partition coefficient (Wildman–Crippen LogP) is 10.7. The number of hydrogen-bond donors (Lipinski definition) is 0. The molecule has 284 valence electrons. The first-order valence-electron chi connectivity index (χ1n) is 20.0. The highest BCUT2D eigenvalue weighted by Crippen LogP contribution is 2.43. The van der Waals surface area contributed by atoms with Crippen LogP contribution in [-0.4, -0.2) is 53.1 Å². The van der Waals surface area contributed by atoms with Crippen molar-refractivity contribution in [3.05, 3.63) is 59.1 Å². The molecule has 1 aromatic heterocycles. The molecular weight excluding hydrogens is 638 g/mol. The number of nitriles is 1. The summed E-state index contributed by atoms with van der Waals surface area (Å²) in [7, 11) is 0. The standard InChI is InChI=1S/C39H56FN5O2.2C2H6/c1-7-10-22-39(20-8-2,21-9-3)27-47-38-42-35-29(5)32(16-15-31-14-12-11-13-28(31)4)17-18-34(35)36(43-38)44-24-25-45(37(46)30(6)40)33(26-44)19-23-41;2*1-2/h11-14,29,32-33H,6-10,15-22,24-27H2,1-5H3;2*1-2H3. The number of ether oxygens (including phenoxy) is 1. The van der Waals surface area contributed by atoms with Crippen LogP contribution >= 0.6 is 0 Å². The Kier molecular flexibility index (Phi) is 19.2. The van der Waals surface area contributed by atoms with Crippen molar-refractivity contribution in [2.75, 3.05) is 31.1 Å². The third-order valence-corrected chi connectivity index (χ3v) is 10.7. The normalized spacial score (nSPS) is 18.3. The Bertz CT molecular complexity index is 1400. The first kappa shape index (κ1) is 43.7. The zero-order valence-corrected chi connectivity index (χ0v) is 33.5. The smallest absolute Gasteiger partial charge is 0.318 e. The SMILES string of the molecule is C=C(F)C(=O)N1CCN(c2nc(OCC(CCC)(CCC)CCCC)nc3c2CCC(CCc2ccccc2C)C3C)CC1CC#N.CC.CC. The van der Waals surface area contributed by atoms with Gasteiger partial charge in [-0.1, -0.05) is 112 Å². The number of carbonyl (C=O) groups is 1. The number of anilines is 1. The van der Waals surface area contributed by atoms with E-state index in [1.807, 2.05) is 27.7 Å². The minimum atomic E-state index is -0.993. The van der Waals surface area contributed by atoms with E-state index in [2.05, 4.69) is 76.4 Å². The Hall–Kier alpha value is -3.47. The van der Waals surface area contributed by atoms with E-state index in [1.54, 1.807) is 0 Å². The number of halogens is 1. The zero-order chi connectivity index (χ0) is 38.0. The number of aryl methyl sites for hydroxylation is 2. The van der Waals surface area contributed by atoms with Crippen molar-refractivity contribution in [3.63, 3.8) is 0 Å². The summed E-state index contributed by atoms with van der Waals surface area (Å²) in [6, 6.07) is 10.8. The van der Waals surface area contributed by atoms with Crippen molar-refractivity contribution in [3.8, 4) is 12.1 Å². The van der Waals surface area contributed by atoms with Crippen LogP contribution in [0.4, 0.5) is 10.2 Å². The lowest BCUT2D eigenvalue weighted by molar-refractivity contribution is -0.131. The third kappa shape index (κ3) is 11.8. The van der Waals surface area contributed by atoms with Crippen LogP contribution in [0.5, 0.6) is 6.01 Å². The quantitative estimate of drug-likeness (QED) is 0.162. The Morgan fingerprint density at radius 3 is 2.35 bits per heavy atom. The van der Waals surface area contributed by atoms with Crippen molar-refractivity contribution >= 4 is 11.7 Å². The summed E-state index contributed by atoms with van der Waals surface area (Å²) in [5.74, 6) is -0.172. The molecule has 2 aromatic rings. The van der Waals surface area contributed by atoms with Crippen molar-refractivity contribution in [1.29, 1.82) is 5.26 Å². The van der Waals surface area contributed by atoms with E-state index in [9.17, 15) is 14.4 Å². The molecule has 8 heteroatoms. The van der Waals surface area contributed by atoms with E-state index in [0.717, 1.165) is 81.3 Å². The molecule has 51 heavy (non-hydrogen) atoms. The molecular formula is C43H68FN5O2. The number of unbranched alkanes of at least 4 members (excludes halogenated alkanes) is 1. The van der Waals surface area contributed by atoms with Crippen LogP contribution in [0.3, 0.4) is 0 Å². The van der Waals surface area contributed by atoms with E-state index in [1.165, 1.54) is 22.4 Å². The summed E-state index contributed by atoms with van der Waals surface area (Å²) in [5.41, 5.74) is 5.04. The fourth-order valence-electron chi connectivity index (χ4n) is 8.01. The first-order valence-corrected chi connectivity index (χ1v) is 20.0. The molecule has 1 saturated heterocycles. The Labute approximate surface area is 310 Å². The Morgan fingerprint density at radius 2 is 1.75 bits per heavy atom. The van der Waals surface area contributed by atoms with Gasteiger partial charge in [0.1, 0.15) is 5.82 Å². The van der Waals surface area contributed by atoms with E-state index in [0.29, 0.717) is 38.2 Å². The zero-order valence-electron chi connectivity index (χ0n) is 33.5. The van der Waals surface area contributed by atoms with Crippen LogP contribution < -0.4 is 9.64 Å². The fraction of sp³-hybridized carbons (Fsp3) is 0.674. The van der Waals surface area contributed by atoms with Crippen molar-refractivity contribution in [2.45, 2.75) is 151 Å². The minimum Gasteiger partial charge on any atom is -0.463 e. The molecule has 1 aliphatic heterocycles. The molecule has 2 aliphatic rings. The maximum Gasteiger partial charge on any atom is 0.318 e. The monoisotopic (exact) mass is 706 g/mol. The molecule has 4 rings (SSSR count).